The third-order valence-electron chi connectivity index (χ3n) is 5.87. The van der Waals surface area contributed by atoms with Crippen molar-refractivity contribution in [2.24, 2.45) is 5.73 Å². The lowest BCUT2D eigenvalue weighted by atomic mass is 9.79. The van der Waals surface area contributed by atoms with E-state index in [2.05, 4.69) is 41.1 Å². The Bertz CT molecular complexity index is 791. The number of rotatable bonds is 3. The van der Waals surface area contributed by atoms with E-state index in [4.69, 9.17) is 15.2 Å². The van der Waals surface area contributed by atoms with Crippen LogP contribution >= 0.6 is 0 Å². The van der Waals surface area contributed by atoms with Crippen molar-refractivity contribution in [2.45, 2.75) is 37.8 Å². The number of hydrogen-bond donors (Lipinski definition) is 1. The van der Waals surface area contributed by atoms with E-state index in [1.54, 1.807) is 14.2 Å². The van der Waals surface area contributed by atoms with E-state index in [0.29, 0.717) is 6.04 Å². The Morgan fingerprint density at radius 3 is 2.62 bits per heavy atom. The molecule has 2 aliphatic heterocycles. The molecule has 1 aromatic carbocycles. The van der Waals surface area contributed by atoms with E-state index < -0.39 is 0 Å². The Morgan fingerprint density at radius 2 is 1.92 bits per heavy atom. The van der Waals surface area contributed by atoms with Gasteiger partial charge in [-0.3, -0.25) is 9.88 Å². The summed E-state index contributed by atoms with van der Waals surface area (Å²) in [4.78, 5) is 7.20. The molecule has 1 saturated heterocycles. The first kappa shape index (κ1) is 17.3. The van der Waals surface area contributed by atoms with Gasteiger partial charge in [-0.05, 0) is 54.7 Å². The van der Waals surface area contributed by atoms with Gasteiger partial charge in [0.2, 0.25) is 0 Å². The fraction of sp³-hybridized carbons (Fsp3) is 0.476. The summed E-state index contributed by atoms with van der Waals surface area (Å²) < 4.78 is 11.0. The van der Waals surface area contributed by atoms with Crippen LogP contribution in [0.2, 0.25) is 0 Å². The van der Waals surface area contributed by atoms with Gasteiger partial charge in [0.25, 0.3) is 0 Å². The molecule has 5 heteroatoms. The number of nitrogens with zero attached hydrogens (tertiary/aromatic N) is 2. The Hall–Kier alpha value is -2.11. The molecule has 0 spiro atoms. The molecule has 0 aliphatic carbocycles. The van der Waals surface area contributed by atoms with Gasteiger partial charge in [-0.15, -0.1) is 0 Å². The van der Waals surface area contributed by atoms with Crippen molar-refractivity contribution in [2.75, 3.05) is 27.3 Å². The molecule has 5 nitrogen and oxygen atoms in total. The van der Waals surface area contributed by atoms with Gasteiger partial charge in [-0.25, -0.2) is 0 Å². The van der Waals surface area contributed by atoms with Crippen LogP contribution in [0.1, 0.15) is 40.8 Å². The zero-order valence-corrected chi connectivity index (χ0v) is 15.7. The second-order valence-electron chi connectivity index (χ2n) is 7.43. The second kappa shape index (κ2) is 6.89. The molecule has 0 radical (unpaired) electrons. The molecule has 26 heavy (non-hydrogen) atoms. The minimum atomic E-state index is 0.102. The number of hydrogen-bond acceptors (Lipinski definition) is 5. The van der Waals surface area contributed by atoms with E-state index in [1.807, 2.05) is 6.20 Å². The molecule has 2 aromatic rings. The average Bonchev–Trinajstić information content (AvgIpc) is 2.67. The number of aromatic nitrogens is 1. The third-order valence-corrected chi connectivity index (χ3v) is 5.87. The molecule has 4 rings (SSSR count). The van der Waals surface area contributed by atoms with E-state index in [9.17, 15) is 0 Å². The fourth-order valence-electron chi connectivity index (χ4n) is 4.40. The largest absolute Gasteiger partial charge is 0.493 e. The molecule has 2 aliphatic rings. The molecule has 3 atom stereocenters. The molecular weight excluding hydrogens is 326 g/mol. The van der Waals surface area contributed by atoms with Crippen LogP contribution in [0.15, 0.2) is 30.5 Å². The first-order valence-corrected chi connectivity index (χ1v) is 9.27. The van der Waals surface area contributed by atoms with Gasteiger partial charge >= 0.3 is 0 Å². The molecule has 1 fully saturated rings. The van der Waals surface area contributed by atoms with Gasteiger partial charge in [-0.1, -0.05) is 6.07 Å². The monoisotopic (exact) mass is 353 g/mol. The Balaban J connectivity index is 1.63. The van der Waals surface area contributed by atoms with Crippen LogP contribution in [-0.2, 0) is 6.42 Å². The number of methoxy groups -OCH3 is 2. The van der Waals surface area contributed by atoms with Gasteiger partial charge in [0.1, 0.15) is 0 Å². The maximum absolute atomic E-state index is 6.62. The molecule has 0 amide bonds. The maximum atomic E-state index is 6.62. The first-order valence-electron chi connectivity index (χ1n) is 9.27. The quantitative estimate of drug-likeness (QED) is 0.919. The summed E-state index contributed by atoms with van der Waals surface area (Å²) >= 11 is 0. The highest BCUT2D eigenvalue weighted by Gasteiger charge is 2.39. The second-order valence-corrected chi connectivity index (χ2v) is 7.43. The standard InChI is InChI=1S/C21H27N3O2/c1-13-4-5-18(23-11-13)16-12-24-7-6-14-8-20(25-2)21(26-3)9-15(14)19(24)10-17(16)22/h4-5,8-9,11,16-17,19H,6-7,10,12,22H2,1-3H3/t16-,17+,19-/m0/s1. The lowest BCUT2D eigenvalue weighted by Crippen LogP contribution is -2.50. The number of aryl methyl sites for hydroxylation is 1. The third kappa shape index (κ3) is 2.95. The number of pyridine rings is 1. The highest BCUT2D eigenvalue weighted by Crippen LogP contribution is 2.43. The van der Waals surface area contributed by atoms with E-state index >= 15 is 0 Å². The van der Waals surface area contributed by atoms with Crippen molar-refractivity contribution in [1.29, 1.82) is 0 Å². The Morgan fingerprint density at radius 1 is 1.15 bits per heavy atom. The van der Waals surface area contributed by atoms with Crippen molar-refractivity contribution in [1.82, 2.24) is 9.88 Å². The lowest BCUT2D eigenvalue weighted by molar-refractivity contribution is 0.108. The minimum Gasteiger partial charge on any atom is -0.493 e. The summed E-state index contributed by atoms with van der Waals surface area (Å²) in [7, 11) is 3.38. The number of benzene rings is 1. The average molecular weight is 353 g/mol. The Labute approximate surface area is 155 Å². The smallest absolute Gasteiger partial charge is 0.161 e. The van der Waals surface area contributed by atoms with Crippen LogP contribution in [0.4, 0.5) is 0 Å². The summed E-state index contributed by atoms with van der Waals surface area (Å²) in [5, 5.41) is 0. The molecule has 1 aromatic heterocycles. The zero-order valence-electron chi connectivity index (χ0n) is 15.7. The molecule has 0 unspecified atom stereocenters. The van der Waals surface area contributed by atoms with Crippen LogP contribution in [-0.4, -0.2) is 43.2 Å². The summed E-state index contributed by atoms with van der Waals surface area (Å²) in [6.45, 7) is 4.06. The van der Waals surface area contributed by atoms with E-state index in [1.165, 1.54) is 16.7 Å². The van der Waals surface area contributed by atoms with Crippen molar-refractivity contribution in [3.8, 4) is 11.5 Å². The van der Waals surface area contributed by atoms with Crippen molar-refractivity contribution < 1.29 is 9.47 Å². The number of nitrogens with two attached hydrogens (primary N) is 1. The van der Waals surface area contributed by atoms with Crippen LogP contribution in [0, 0.1) is 6.92 Å². The lowest BCUT2D eigenvalue weighted by Gasteiger charge is -2.46. The molecule has 0 saturated carbocycles. The first-order chi connectivity index (χ1) is 12.6. The molecular formula is C21H27N3O2. The number of piperidine rings is 1. The molecule has 138 valence electrons. The Kier molecular flexibility index (Phi) is 4.59. The predicted octanol–water partition coefficient (Wildman–Crippen LogP) is 2.82. The summed E-state index contributed by atoms with van der Waals surface area (Å²) in [5.74, 6) is 1.89. The van der Waals surface area contributed by atoms with E-state index in [0.717, 1.165) is 43.1 Å². The van der Waals surface area contributed by atoms with Gasteiger partial charge in [0, 0.05) is 43.0 Å². The highest BCUT2D eigenvalue weighted by atomic mass is 16.5. The normalized spacial score (nSPS) is 25.3. The van der Waals surface area contributed by atoms with Crippen molar-refractivity contribution in [3.05, 3.63) is 52.8 Å². The molecule has 3 heterocycles. The highest BCUT2D eigenvalue weighted by molar-refractivity contribution is 5.49. The maximum Gasteiger partial charge on any atom is 0.161 e. The molecule has 0 bridgehead atoms. The van der Waals surface area contributed by atoms with E-state index in [-0.39, 0.29) is 12.0 Å². The SMILES string of the molecule is COc1cc2c(cc1OC)[C@@H]1C[C@@H](N)[C@@H](c3ccc(C)cn3)CN1CC2. The molecule has 2 N–H and O–H groups in total. The van der Waals surface area contributed by atoms with Gasteiger partial charge in [-0.2, -0.15) is 0 Å². The van der Waals surface area contributed by atoms with Crippen LogP contribution in [0.3, 0.4) is 0 Å². The van der Waals surface area contributed by atoms with Crippen LogP contribution in [0.25, 0.3) is 0 Å². The minimum absolute atomic E-state index is 0.102. The predicted molar refractivity (Wildman–Crippen MR) is 102 cm³/mol. The topological polar surface area (TPSA) is 60.6 Å². The van der Waals surface area contributed by atoms with Gasteiger partial charge in [0.05, 0.1) is 14.2 Å². The zero-order chi connectivity index (χ0) is 18.3. The van der Waals surface area contributed by atoms with Crippen molar-refractivity contribution >= 4 is 0 Å². The van der Waals surface area contributed by atoms with Gasteiger partial charge in [0.15, 0.2) is 11.5 Å². The van der Waals surface area contributed by atoms with Gasteiger partial charge < -0.3 is 15.2 Å². The van der Waals surface area contributed by atoms with Crippen LogP contribution in [0.5, 0.6) is 11.5 Å². The summed E-state index contributed by atoms with van der Waals surface area (Å²) in [5.41, 5.74) is 11.6. The number of ether oxygens (including phenoxy) is 2. The summed E-state index contributed by atoms with van der Waals surface area (Å²) in [6, 6.07) is 8.98. The summed E-state index contributed by atoms with van der Waals surface area (Å²) in [6.07, 6.45) is 3.90. The number of fused-ring (bicyclic) bond motifs is 3. The van der Waals surface area contributed by atoms with Crippen LogP contribution < -0.4 is 15.2 Å². The fourth-order valence-corrected chi connectivity index (χ4v) is 4.40. The van der Waals surface area contributed by atoms with Crippen molar-refractivity contribution in [3.63, 3.8) is 0 Å².